The lowest BCUT2D eigenvalue weighted by Gasteiger charge is -2.19. The first-order chi connectivity index (χ1) is 8.27. The Labute approximate surface area is 107 Å². The highest BCUT2D eigenvalue weighted by Gasteiger charge is 2.09. The van der Waals surface area contributed by atoms with Gasteiger partial charge in [-0.05, 0) is 17.4 Å². The summed E-state index contributed by atoms with van der Waals surface area (Å²) in [7, 11) is 2.08. The maximum Gasteiger partial charge on any atom is 0.136 e. The number of alkyl halides is 1. The number of benzene rings is 1. The Morgan fingerprint density at radius 3 is 2.59 bits per heavy atom. The van der Waals surface area contributed by atoms with E-state index in [0.29, 0.717) is 5.88 Å². The molecule has 0 saturated heterocycles. The summed E-state index contributed by atoms with van der Waals surface area (Å²) in [4.78, 5) is 6.73. The van der Waals surface area contributed by atoms with Crippen LogP contribution in [0.2, 0.25) is 0 Å². The fourth-order valence-corrected chi connectivity index (χ4v) is 2.30. The zero-order chi connectivity index (χ0) is 12.3. The molecule has 17 heavy (non-hydrogen) atoms. The highest BCUT2D eigenvalue weighted by molar-refractivity contribution is 6.18. The average Bonchev–Trinajstić information content (AvgIpc) is 2.37. The molecule has 0 aliphatic heterocycles. The molecule has 0 aliphatic carbocycles. The SMILES string of the molecule is CCCN(C)c1ncc(CCl)c2ccccc12. The molecule has 2 nitrogen and oxygen atoms in total. The molecule has 1 aromatic heterocycles. The summed E-state index contributed by atoms with van der Waals surface area (Å²) >= 11 is 5.95. The first-order valence-electron chi connectivity index (χ1n) is 5.91. The molecule has 0 spiro atoms. The summed E-state index contributed by atoms with van der Waals surface area (Å²) in [6.45, 7) is 3.18. The van der Waals surface area contributed by atoms with Crippen molar-refractivity contribution in [3.05, 3.63) is 36.0 Å². The van der Waals surface area contributed by atoms with Crippen molar-refractivity contribution in [2.45, 2.75) is 19.2 Å². The van der Waals surface area contributed by atoms with Crippen molar-refractivity contribution in [2.24, 2.45) is 0 Å². The van der Waals surface area contributed by atoms with Crippen LogP contribution in [0.5, 0.6) is 0 Å². The van der Waals surface area contributed by atoms with Crippen molar-refractivity contribution in [1.29, 1.82) is 0 Å². The van der Waals surface area contributed by atoms with Crippen molar-refractivity contribution >= 4 is 28.2 Å². The summed E-state index contributed by atoms with van der Waals surface area (Å²) in [5, 5.41) is 2.39. The van der Waals surface area contributed by atoms with Gasteiger partial charge in [0.1, 0.15) is 5.82 Å². The highest BCUT2D eigenvalue weighted by atomic mass is 35.5. The number of rotatable bonds is 4. The number of hydrogen-bond acceptors (Lipinski definition) is 2. The highest BCUT2D eigenvalue weighted by Crippen LogP contribution is 2.27. The molecule has 2 aromatic rings. The molecule has 0 radical (unpaired) electrons. The molecule has 2 rings (SSSR count). The van der Waals surface area contributed by atoms with Crippen LogP contribution >= 0.6 is 11.6 Å². The van der Waals surface area contributed by atoms with Gasteiger partial charge in [0, 0.05) is 31.1 Å². The summed E-state index contributed by atoms with van der Waals surface area (Å²) < 4.78 is 0. The van der Waals surface area contributed by atoms with Crippen LogP contribution in [0.15, 0.2) is 30.5 Å². The van der Waals surface area contributed by atoms with Crippen LogP contribution in [0.3, 0.4) is 0 Å². The van der Waals surface area contributed by atoms with Crippen molar-refractivity contribution in [3.63, 3.8) is 0 Å². The van der Waals surface area contributed by atoms with Crippen molar-refractivity contribution in [3.8, 4) is 0 Å². The van der Waals surface area contributed by atoms with E-state index in [1.165, 1.54) is 10.8 Å². The monoisotopic (exact) mass is 248 g/mol. The minimum atomic E-state index is 0.505. The van der Waals surface area contributed by atoms with Gasteiger partial charge in [-0.2, -0.15) is 0 Å². The maximum atomic E-state index is 5.95. The first kappa shape index (κ1) is 12.2. The zero-order valence-electron chi connectivity index (χ0n) is 10.3. The van der Waals surface area contributed by atoms with Gasteiger partial charge >= 0.3 is 0 Å². The van der Waals surface area contributed by atoms with E-state index in [-0.39, 0.29) is 0 Å². The normalized spacial score (nSPS) is 10.8. The van der Waals surface area contributed by atoms with Crippen LogP contribution in [-0.2, 0) is 5.88 Å². The molecular formula is C14H17ClN2. The van der Waals surface area contributed by atoms with Gasteiger partial charge in [-0.3, -0.25) is 0 Å². The molecule has 0 N–H and O–H groups in total. The molecule has 0 fully saturated rings. The molecule has 90 valence electrons. The molecule has 0 unspecified atom stereocenters. The van der Waals surface area contributed by atoms with Gasteiger partial charge < -0.3 is 4.90 Å². The van der Waals surface area contributed by atoms with Crippen LogP contribution in [0.4, 0.5) is 5.82 Å². The van der Waals surface area contributed by atoms with E-state index in [4.69, 9.17) is 11.6 Å². The van der Waals surface area contributed by atoms with E-state index < -0.39 is 0 Å². The van der Waals surface area contributed by atoms with Crippen LogP contribution < -0.4 is 4.90 Å². The third-order valence-corrected chi connectivity index (χ3v) is 3.21. The Hall–Kier alpha value is -1.28. The molecule has 0 amide bonds. The van der Waals surface area contributed by atoms with E-state index in [1.807, 2.05) is 18.3 Å². The molecule has 0 bridgehead atoms. The topological polar surface area (TPSA) is 16.1 Å². The molecule has 0 atom stereocenters. The Morgan fingerprint density at radius 2 is 1.94 bits per heavy atom. The minimum absolute atomic E-state index is 0.505. The number of halogens is 1. The second-order valence-corrected chi connectivity index (χ2v) is 4.48. The fourth-order valence-electron chi connectivity index (χ4n) is 2.09. The van der Waals surface area contributed by atoms with E-state index in [1.54, 1.807) is 0 Å². The Bertz CT molecular complexity index is 511. The van der Waals surface area contributed by atoms with Crippen molar-refractivity contribution in [2.75, 3.05) is 18.5 Å². The smallest absolute Gasteiger partial charge is 0.136 e. The van der Waals surface area contributed by atoms with E-state index in [9.17, 15) is 0 Å². The fraction of sp³-hybridized carbons (Fsp3) is 0.357. The molecule has 1 aromatic carbocycles. The molecular weight excluding hydrogens is 232 g/mol. The van der Waals surface area contributed by atoms with Gasteiger partial charge in [-0.1, -0.05) is 31.2 Å². The Kier molecular flexibility index (Phi) is 3.85. The number of anilines is 1. The largest absolute Gasteiger partial charge is 0.359 e. The number of hydrogen-bond donors (Lipinski definition) is 0. The van der Waals surface area contributed by atoms with Gasteiger partial charge in [0.2, 0.25) is 0 Å². The molecule has 3 heteroatoms. The van der Waals surface area contributed by atoms with Gasteiger partial charge in [-0.25, -0.2) is 4.98 Å². The molecule has 0 aliphatic rings. The summed E-state index contributed by atoms with van der Waals surface area (Å²) in [6.07, 6.45) is 3.00. The molecule has 1 heterocycles. The van der Waals surface area contributed by atoms with Crippen LogP contribution in [0.25, 0.3) is 10.8 Å². The van der Waals surface area contributed by atoms with Gasteiger partial charge in [-0.15, -0.1) is 11.6 Å². The van der Waals surface area contributed by atoms with E-state index in [0.717, 1.165) is 24.3 Å². The second-order valence-electron chi connectivity index (χ2n) is 4.21. The molecule has 0 saturated carbocycles. The van der Waals surface area contributed by atoms with Crippen LogP contribution in [-0.4, -0.2) is 18.6 Å². The zero-order valence-corrected chi connectivity index (χ0v) is 11.0. The number of pyridine rings is 1. The summed E-state index contributed by atoms with van der Waals surface area (Å²) in [6, 6.07) is 8.31. The lowest BCUT2D eigenvalue weighted by molar-refractivity contribution is 0.841. The third kappa shape index (κ3) is 2.37. The second kappa shape index (κ2) is 5.37. The van der Waals surface area contributed by atoms with Crippen LogP contribution in [0.1, 0.15) is 18.9 Å². The van der Waals surface area contributed by atoms with E-state index in [2.05, 4.69) is 36.0 Å². The Balaban J connectivity index is 2.58. The number of nitrogens with zero attached hydrogens (tertiary/aromatic N) is 2. The standard InChI is InChI=1S/C14H17ClN2/c1-3-8-17(2)14-13-7-5-4-6-12(13)11(9-15)10-16-14/h4-7,10H,3,8-9H2,1-2H3. The van der Waals surface area contributed by atoms with Crippen LogP contribution in [0, 0.1) is 0 Å². The first-order valence-corrected chi connectivity index (χ1v) is 6.45. The third-order valence-electron chi connectivity index (χ3n) is 2.92. The predicted molar refractivity (Wildman–Crippen MR) is 74.9 cm³/mol. The van der Waals surface area contributed by atoms with Crippen molar-refractivity contribution in [1.82, 2.24) is 4.98 Å². The summed E-state index contributed by atoms with van der Waals surface area (Å²) in [5.74, 6) is 1.54. The summed E-state index contributed by atoms with van der Waals surface area (Å²) in [5.41, 5.74) is 1.09. The quantitative estimate of drug-likeness (QED) is 0.765. The number of aromatic nitrogens is 1. The number of fused-ring (bicyclic) bond motifs is 1. The van der Waals surface area contributed by atoms with Gasteiger partial charge in [0.15, 0.2) is 0 Å². The Morgan fingerprint density at radius 1 is 1.24 bits per heavy atom. The average molecular weight is 249 g/mol. The predicted octanol–water partition coefficient (Wildman–Crippen LogP) is 3.82. The van der Waals surface area contributed by atoms with Crippen molar-refractivity contribution < 1.29 is 0 Å². The lowest BCUT2D eigenvalue weighted by atomic mass is 10.1. The van der Waals surface area contributed by atoms with Gasteiger partial charge in [0.25, 0.3) is 0 Å². The van der Waals surface area contributed by atoms with E-state index >= 15 is 0 Å². The maximum absolute atomic E-state index is 5.95. The lowest BCUT2D eigenvalue weighted by Crippen LogP contribution is -2.19. The minimum Gasteiger partial charge on any atom is -0.359 e. The van der Waals surface area contributed by atoms with Gasteiger partial charge in [0.05, 0.1) is 0 Å².